The number of nitrogens with zero attached hydrogens (tertiary/aromatic N) is 4. The molecule has 3 aromatic carbocycles. The van der Waals surface area contributed by atoms with Crippen LogP contribution in [0.25, 0.3) is 15.9 Å². The smallest absolute Gasteiger partial charge is 0.355 e. The molecule has 0 saturated carbocycles. The van der Waals surface area contributed by atoms with Crippen molar-refractivity contribution < 1.29 is 19.4 Å². The van der Waals surface area contributed by atoms with Gasteiger partial charge in [-0.15, -0.1) is 11.3 Å². The summed E-state index contributed by atoms with van der Waals surface area (Å²) >= 11 is 4.63. The zero-order valence-corrected chi connectivity index (χ0v) is 28.3. The van der Waals surface area contributed by atoms with E-state index in [9.17, 15) is 14.7 Å². The summed E-state index contributed by atoms with van der Waals surface area (Å²) in [7, 11) is 0. The number of aryl methyl sites for hydroxylation is 1. The van der Waals surface area contributed by atoms with Crippen LogP contribution in [-0.4, -0.2) is 51.5 Å². The summed E-state index contributed by atoms with van der Waals surface area (Å²) in [6.07, 6.45) is 5.30. The minimum atomic E-state index is -1.03. The van der Waals surface area contributed by atoms with Gasteiger partial charge in [0.2, 0.25) is 0 Å². The van der Waals surface area contributed by atoms with E-state index in [1.807, 2.05) is 48.5 Å². The van der Waals surface area contributed by atoms with E-state index >= 15 is 0 Å². The highest BCUT2D eigenvalue weighted by Crippen LogP contribution is 2.42. The van der Waals surface area contributed by atoms with Gasteiger partial charge < -0.3 is 19.6 Å². The number of fused-ring (bicyclic) bond motifs is 3. The van der Waals surface area contributed by atoms with Crippen molar-refractivity contribution in [3.05, 3.63) is 116 Å². The molecule has 242 valence electrons. The van der Waals surface area contributed by atoms with Crippen molar-refractivity contribution in [2.24, 2.45) is 0 Å². The first-order valence-electron chi connectivity index (χ1n) is 15.8. The molecule has 0 atom stereocenters. The number of thioether (sulfide) groups is 1. The standard InChI is InChI=1S/C36H31N5O4S3/c42-33(39-35-37-27-8-1-2-9-29(27)47-35)25-7-3-6-22-16-18-40(20-26(22)25)36-38-32(34(43)44)30(48-36)10-5-19-45-24-14-12-23(13-15-24)28-21-46-31-11-4-17-41(28)31/h1-3,6-9,11-15,21H,4-5,10,16-20H2,(H,43,44)(H,37,39,42). The molecular weight excluding hydrogens is 663 g/mol. The van der Waals surface area contributed by atoms with Crippen LogP contribution in [0.5, 0.6) is 5.75 Å². The molecule has 5 aromatic rings. The Morgan fingerprint density at radius 2 is 1.85 bits per heavy atom. The van der Waals surface area contributed by atoms with Gasteiger partial charge in [-0.2, -0.15) is 0 Å². The maximum Gasteiger partial charge on any atom is 0.355 e. The zero-order chi connectivity index (χ0) is 32.6. The molecule has 1 amide bonds. The molecule has 0 aliphatic carbocycles. The van der Waals surface area contributed by atoms with Crippen molar-refractivity contribution >= 4 is 72.5 Å². The number of carbonyl (C=O) groups is 2. The maximum atomic E-state index is 13.4. The predicted molar refractivity (Wildman–Crippen MR) is 193 cm³/mol. The minimum Gasteiger partial charge on any atom is -0.494 e. The first-order valence-corrected chi connectivity index (χ1v) is 18.3. The Morgan fingerprint density at radius 3 is 2.71 bits per heavy atom. The van der Waals surface area contributed by atoms with Gasteiger partial charge in [-0.1, -0.05) is 53.4 Å². The third-order valence-electron chi connectivity index (χ3n) is 8.68. The van der Waals surface area contributed by atoms with Gasteiger partial charge in [0.05, 0.1) is 27.5 Å². The Labute approximate surface area is 289 Å². The van der Waals surface area contributed by atoms with Crippen LogP contribution in [0.3, 0.4) is 0 Å². The Morgan fingerprint density at radius 1 is 0.979 bits per heavy atom. The van der Waals surface area contributed by atoms with E-state index in [0.717, 1.165) is 51.4 Å². The summed E-state index contributed by atoms with van der Waals surface area (Å²) in [4.78, 5) is 39.9. The van der Waals surface area contributed by atoms with Crippen LogP contribution in [0.1, 0.15) is 55.3 Å². The second-order valence-corrected chi connectivity index (χ2v) is 14.7. The average molecular weight is 694 g/mol. The lowest BCUT2D eigenvalue weighted by Gasteiger charge is -2.29. The molecule has 0 bridgehead atoms. The fourth-order valence-corrected chi connectivity index (χ4v) is 9.30. The molecule has 0 spiro atoms. The van der Waals surface area contributed by atoms with Gasteiger partial charge >= 0.3 is 5.97 Å². The number of benzene rings is 3. The van der Waals surface area contributed by atoms with Crippen LogP contribution in [0, 0.1) is 0 Å². The van der Waals surface area contributed by atoms with Gasteiger partial charge in [-0.05, 0) is 84.8 Å². The fourth-order valence-electron chi connectivity index (χ4n) is 6.29. The van der Waals surface area contributed by atoms with E-state index in [1.165, 1.54) is 39.0 Å². The van der Waals surface area contributed by atoms with Gasteiger partial charge in [0.15, 0.2) is 16.0 Å². The molecule has 12 heteroatoms. The lowest BCUT2D eigenvalue weighted by molar-refractivity contribution is 0.0690. The molecule has 8 rings (SSSR count). The van der Waals surface area contributed by atoms with E-state index < -0.39 is 5.97 Å². The Hall–Kier alpha value is -4.65. The number of para-hydroxylation sites is 1. The summed E-state index contributed by atoms with van der Waals surface area (Å²) in [6.45, 7) is 2.65. The number of carbonyl (C=O) groups excluding carboxylic acids is 1. The lowest BCUT2D eigenvalue weighted by Crippen LogP contribution is -2.32. The quantitative estimate of drug-likeness (QED) is 0.141. The van der Waals surface area contributed by atoms with Crippen LogP contribution < -0.4 is 15.0 Å². The van der Waals surface area contributed by atoms with E-state index in [1.54, 1.807) is 11.8 Å². The van der Waals surface area contributed by atoms with Crippen LogP contribution in [0.2, 0.25) is 0 Å². The van der Waals surface area contributed by atoms with Gasteiger partial charge in [0.1, 0.15) is 5.75 Å². The van der Waals surface area contributed by atoms with E-state index in [4.69, 9.17) is 4.74 Å². The summed E-state index contributed by atoms with van der Waals surface area (Å²) in [5.41, 5.74) is 5.97. The van der Waals surface area contributed by atoms with Crippen LogP contribution in [-0.2, 0) is 19.4 Å². The first-order chi connectivity index (χ1) is 23.5. The molecule has 5 heterocycles. The number of aromatic carboxylic acids is 1. The normalized spacial score (nSPS) is 15.2. The molecule has 9 nitrogen and oxygen atoms in total. The summed E-state index contributed by atoms with van der Waals surface area (Å²) in [6, 6.07) is 21.8. The zero-order valence-electron chi connectivity index (χ0n) is 25.8. The van der Waals surface area contributed by atoms with Crippen molar-refractivity contribution in [2.75, 3.05) is 29.9 Å². The molecule has 3 aliphatic heterocycles. The van der Waals surface area contributed by atoms with Crippen molar-refractivity contribution in [2.45, 2.75) is 32.2 Å². The summed E-state index contributed by atoms with van der Waals surface area (Å²) in [5.74, 6) is -0.450. The SMILES string of the molecule is O=C(Nc1nc2ccccc2s1)c1cccc2c1CN(c1nc(C(=O)O)c(CCCOc3ccc(C4=CSC5=CCCN54)cc3)s1)CC2. The lowest BCUT2D eigenvalue weighted by atomic mass is 9.94. The van der Waals surface area contributed by atoms with Crippen LogP contribution in [0.15, 0.2) is 83.2 Å². The molecule has 2 aromatic heterocycles. The molecule has 2 N–H and O–H groups in total. The van der Waals surface area contributed by atoms with Crippen molar-refractivity contribution in [1.29, 1.82) is 0 Å². The number of amides is 1. The third kappa shape index (κ3) is 6.07. The molecular formula is C36H31N5O4S3. The number of carboxylic acids is 1. The number of aromatic nitrogens is 2. The number of anilines is 2. The summed E-state index contributed by atoms with van der Waals surface area (Å²) < 4.78 is 7.04. The number of hydrogen-bond acceptors (Lipinski definition) is 10. The van der Waals surface area contributed by atoms with Crippen LogP contribution >= 0.6 is 34.4 Å². The third-order valence-corrected chi connectivity index (χ3v) is 11.8. The van der Waals surface area contributed by atoms with Gasteiger partial charge in [0, 0.05) is 35.5 Å². The van der Waals surface area contributed by atoms with E-state index in [2.05, 4.69) is 54.8 Å². The van der Waals surface area contributed by atoms with Crippen molar-refractivity contribution in [3.63, 3.8) is 0 Å². The highest BCUT2D eigenvalue weighted by Gasteiger charge is 2.27. The largest absolute Gasteiger partial charge is 0.494 e. The molecule has 0 fully saturated rings. The van der Waals surface area contributed by atoms with Gasteiger partial charge in [-0.25, -0.2) is 14.8 Å². The molecule has 0 unspecified atom stereocenters. The second kappa shape index (κ2) is 13.1. The van der Waals surface area contributed by atoms with Crippen LogP contribution in [0.4, 0.5) is 10.3 Å². The number of nitrogens with one attached hydrogen (secondary N) is 1. The Bertz CT molecular complexity index is 2070. The highest BCUT2D eigenvalue weighted by molar-refractivity contribution is 8.06. The Balaban J connectivity index is 0.910. The van der Waals surface area contributed by atoms with Crippen molar-refractivity contribution in [3.8, 4) is 5.75 Å². The summed E-state index contributed by atoms with van der Waals surface area (Å²) in [5, 5.41) is 17.7. The van der Waals surface area contributed by atoms with E-state index in [0.29, 0.717) is 48.4 Å². The van der Waals surface area contributed by atoms with E-state index in [-0.39, 0.29) is 11.6 Å². The number of ether oxygens (including phenoxy) is 1. The van der Waals surface area contributed by atoms with Gasteiger partial charge in [0.25, 0.3) is 5.91 Å². The number of rotatable bonds is 10. The number of carboxylic acid groups (broad SMARTS) is 1. The monoisotopic (exact) mass is 693 g/mol. The minimum absolute atomic E-state index is 0.0880. The number of hydrogen-bond donors (Lipinski definition) is 2. The first kappa shape index (κ1) is 30.7. The second-order valence-electron chi connectivity index (χ2n) is 11.7. The topological polar surface area (TPSA) is 108 Å². The predicted octanol–water partition coefficient (Wildman–Crippen LogP) is 7.87. The molecule has 0 radical (unpaired) electrons. The highest BCUT2D eigenvalue weighted by atomic mass is 32.2. The number of thiazole rings is 2. The molecule has 0 saturated heterocycles. The van der Waals surface area contributed by atoms with Crippen molar-refractivity contribution in [1.82, 2.24) is 14.9 Å². The average Bonchev–Trinajstić information content (AvgIpc) is 3.90. The fraction of sp³-hybridized carbons (Fsp3) is 0.222. The maximum absolute atomic E-state index is 13.4. The molecule has 3 aliphatic rings. The van der Waals surface area contributed by atoms with Gasteiger partial charge in [-0.3, -0.25) is 10.1 Å². The Kier molecular flexibility index (Phi) is 8.37. The molecule has 48 heavy (non-hydrogen) atoms.